The standard InChI is InChI=1S/C15H12ClF3O/c1-15(20,8-9-2-4-10(16)5-3-9)11-6-7-12(17)14(19)13(11)18/h2-7,20H,8H2,1H3. The molecule has 0 bridgehead atoms. The van der Waals surface area contributed by atoms with Crippen LogP contribution in [0.2, 0.25) is 5.02 Å². The van der Waals surface area contributed by atoms with E-state index in [1.54, 1.807) is 24.3 Å². The number of halogens is 4. The molecule has 0 saturated carbocycles. The fraction of sp³-hybridized carbons (Fsp3) is 0.200. The predicted octanol–water partition coefficient (Wildman–Crippen LogP) is 4.21. The smallest absolute Gasteiger partial charge is 0.194 e. The van der Waals surface area contributed by atoms with Crippen LogP contribution in [0.5, 0.6) is 0 Å². The van der Waals surface area contributed by atoms with E-state index < -0.39 is 23.1 Å². The summed E-state index contributed by atoms with van der Waals surface area (Å²) < 4.78 is 39.9. The van der Waals surface area contributed by atoms with Crippen molar-refractivity contribution in [1.29, 1.82) is 0 Å². The first-order valence-corrected chi connectivity index (χ1v) is 6.30. The maximum Gasteiger partial charge on any atom is 0.194 e. The van der Waals surface area contributed by atoms with E-state index >= 15 is 0 Å². The molecular formula is C15H12ClF3O. The third kappa shape index (κ3) is 2.97. The Balaban J connectivity index is 2.35. The SMILES string of the molecule is CC(O)(Cc1ccc(Cl)cc1)c1ccc(F)c(F)c1F. The van der Waals surface area contributed by atoms with Gasteiger partial charge in [-0.15, -0.1) is 0 Å². The summed E-state index contributed by atoms with van der Waals surface area (Å²) in [7, 11) is 0. The molecule has 1 atom stereocenters. The summed E-state index contributed by atoms with van der Waals surface area (Å²) >= 11 is 5.75. The highest BCUT2D eigenvalue weighted by atomic mass is 35.5. The first-order chi connectivity index (χ1) is 9.31. The fourth-order valence-electron chi connectivity index (χ4n) is 2.04. The lowest BCUT2D eigenvalue weighted by Gasteiger charge is -2.24. The molecule has 2 aromatic rings. The largest absolute Gasteiger partial charge is 0.385 e. The summed E-state index contributed by atoms with van der Waals surface area (Å²) in [5.41, 5.74) is -1.25. The summed E-state index contributed by atoms with van der Waals surface area (Å²) in [5, 5.41) is 10.9. The minimum absolute atomic E-state index is 0.0478. The fourth-order valence-corrected chi connectivity index (χ4v) is 2.16. The quantitative estimate of drug-likeness (QED) is 0.842. The monoisotopic (exact) mass is 300 g/mol. The van der Waals surface area contributed by atoms with E-state index in [1.165, 1.54) is 6.92 Å². The van der Waals surface area contributed by atoms with Gasteiger partial charge in [0.1, 0.15) is 0 Å². The molecule has 1 unspecified atom stereocenters. The molecule has 0 spiro atoms. The van der Waals surface area contributed by atoms with Crippen LogP contribution < -0.4 is 0 Å². The lowest BCUT2D eigenvalue weighted by Crippen LogP contribution is -2.26. The molecule has 0 aromatic heterocycles. The summed E-state index contributed by atoms with van der Waals surface area (Å²) in [4.78, 5) is 0. The van der Waals surface area contributed by atoms with Gasteiger partial charge in [-0.05, 0) is 30.7 Å². The van der Waals surface area contributed by atoms with Crippen LogP contribution in [0, 0.1) is 17.5 Å². The molecule has 0 amide bonds. The van der Waals surface area contributed by atoms with Crippen LogP contribution in [0.3, 0.4) is 0 Å². The number of aliphatic hydroxyl groups is 1. The molecule has 0 aliphatic heterocycles. The number of hydrogen-bond acceptors (Lipinski definition) is 1. The van der Waals surface area contributed by atoms with Crippen molar-refractivity contribution in [2.24, 2.45) is 0 Å². The Hall–Kier alpha value is -1.52. The second kappa shape index (κ2) is 5.46. The second-order valence-electron chi connectivity index (χ2n) is 4.80. The first kappa shape index (κ1) is 14.9. The maximum atomic E-state index is 13.7. The Bertz CT molecular complexity index is 624. The summed E-state index contributed by atoms with van der Waals surface area (Å²) in [6.07, 6.45) is 0.0478. The van der Waals surface area contributed by atoms with E-state index in [4.69, 9.17) is 11.6 Å². The van der Waals surface area contributed by atoms with Crippen molar-refractivity contribution in [3.8, 4) is 0 Å². The van der Waals surface area contributed by atoms with Crippen LogP contribution in [-0.4, -0.2) is 5.11 Å². The van der Waals surface area contributed by atoms with Gasteiger partial charge in [-0.1, -0.05) is 29.8 Å². The van der Waals surface area contributed by atoms with E-state index in [0.29, 0.717) is 10.6 Å². The summed E-state index contributed by atoms with van der Waals surface area (Å²) in [5.74, 6) is -4.24. The van der Waals surface area contributed by atoms with Gasteiger partial charge in [-0.2, -0.15) is 0 Å². The van der Waals surface area contributed by atoms with Gasteiger partial charge in [0.05, 0.1) is 5.60 Å². The van der Waals surface area contributed by atoms with Crippen molar-refractivity contribution in [3.63, 3.8) is 0 Å². The van der Waals surface area contributed by atoms with Crippen LogP contribution in [0.25, 0.3) is 0 Å². The lowest BCUT2D eigenvalue weighted by molar-refractivity contribution is 0.0528. The highest BCUT2D eigenvalue weighted by Crippen LogP contribution is 2.29. The number of rotatable bonds is 3. The summed E-state index contributed by atoms with van der Waals surface area (Å²) in [6.45, 7) is 1.34. The molecule has 0 radical (unpaired) electrons. The highest BCUT2D eigenvalue weighted by Gasteiger charge is 2.29. The molecule has 106 valence electrons. The molecule has 0 aliphatic rings. The Morgan fingerprint density at radius 1 is 1.00 bits per heavy atom. The van der Waals surface area contributed by atoms with E-state index in [1.807, 2.05) is 0 Å². The van der Waals surface area contributed by atoms with Crippen molar-refractivity contribution in [2.75, 3.05) is 0 Å². The van der Waals surface area contributed by atoms with Crippen LogP contribution in [0.15, 0.2) is 36.4 Å². The van der Waals surface area contributed by atoms with Gasteiger partial charge in [-0.3, -0.25) is 0 Å². The van der Waals surface area contributed by atoms with Crippen LogP contribution >= 0.6 is 11.6 Å². The number of benzene rings is 2. The molecule has 2 rings (SSSR count). The number of hydrogen-bond donors (Lipinski definition) is 1. The lowest BCUT2D eigenvalue weighted by atomic mass is 9.88. The third-order valence-electron chi connectivity index (χ3n) is 3.08. The van der Waals surface area contributed by atoms with E-state index in [0.717, 1.165) is 12.1 Å². The zero-order valence-electron chi connectivity index (χ0n) is 10.6. The molecule has 5 heteroatoms. The second-order valence-corrected chi connectivity index (χ2v) is 5.24. The molecule has 0 heterocycles. The molecule has 1 nitrogen and oxygen atoms in total. The van der Waals surface area contributed by atoms with Crippen molar-refractivity contribution >= 4 is 11.6 Å². The van der Waals surface area contributed by atoms with Gasteiger partial charge in [0.15, 0.2) is 17.5 Å². The molecule has 0 saturated heterocycles. The van der Waals surface area contributed by atoms with Gasteiger partial charge < -0.3 is 5.11 Å². The van der Waals surface area contributed by atoms with Crippen molar-refractivity contribution in [1.82, 2.24) is 0 Å². The van der Waals surface area contributed by atoms with Crippen molar-refractivity contribution < 1.29 is 18.3 Å². The third-order valence-corrected chi connectivity index (χ3v) is 3.33. The van der Waals surface area contributed by atoms with Crippen molar-refractivity contribution in [3.05, 3.63) is 70.0 Å². The van der Waals surface area contributed by atoms with Gasteiger partial charge in [0.2, 0.25) is 0 Å². The van der Waals surface area contributed by atoms with Crippen LogP contribution in [-0.2, 0) is 12.0 Å². The average Bonchev–Trinajstić information content (AvgIpc) is 2.38. The van der Waals surface area contributed by atoms with Crippen molar-refractivity contribution in [2.45, 2.75) is 18.9 Å². The summed E-state index contributed by atoms with van der Waals surface area (Å²) in [6, 6.07) is 8.46. The van der Waals surface area contributed by atoms with Gasteiger partial charge in [0.25, 0.3) is 0 Å². The van der Waals surface area contributed by atoms with Gasteiger partial charge >= 0.3 is 0 Å². The van der Waals surface area contributed by atoms with Crippen LogP contribution in [0.4, 0.5) is 13.2 Å². The minimum Gasteiger partial charge on any atom is -0.385 e. The van der Waals surface area contributed by atoms with E-state index in [9.17, 15) is 18.3 Å². The Morgan fingerprint density at radius 2 is 1.60 bits per heavy atom. The molecular weight excluding hydrogens is 289 g/mol. The minimum atomic E-state index is -1.66. The average molecular weight is 301 g/mol. The zero-order valence-corrected chi connectivity index (χ0v) is 11.4. The Labute approximate surface area is 119 Å². The first-order valence-electron chi connectivity index (χ1n) is 5.92. The van der Waals surface area contributed by atoms with E-state index in [2.05, 4.69) is 0 Å². The van der Waals surface area contributed by atoms with Gasteiger partial charge in [-0.25, -0.2) is 13.2 Å². The molecule has 0 aliphatic carbocycles. The van der Waals surface area contributed by atoms with Crippen LogP contribution in [0.1, 0.15) is 18.1 Å². The molecule has 2 aromatic carbocycles. The maximum absolute atomic E-state index is 13.7. The highest BCUT2D eigenvalue weighted by molar-refractivity contribution is 6.30. The normalized spacial score (nSPS) is 14.1. The topological polar surface area (TPSA) is 20.2 Å². The van der Waals surface area contributed by atoms with Gasteiger partial charge in [0, 0.05) is 17.0 Å². The molecule has 20 heavy (non-hydrogen) atoms. The Kier molecular flexibility index (Phi) is 4.06. The van der Waals surface area contributed by atoms with E-state index in [-0.39, 0.29) is 12.0 Å². The zero-order chi connectivity index (χ0) is 14.9. The predicted molar refractivity (Wildman–Crippen MR) is 71.0 cm³/mol. The molecule has 1 N–H and O–H groups in total. The Morgan fingerprint density at radius 3 is 2.20 bits per heavy atom. The molecule has 0 fully saturated rings.